The zero-order chi connectivity index (χ0) is 10.7. The second kappa shape index (κ2) is 4.08. The van der Waals surface area contributed by atoms with Crippen LogP contribution in [0.25, 0.3) is 0 Å². The third-order valence-corrected chi connectivity index (χ3v) is 1.98. The first-order chi connectivity index (χ1) is 6.50. The number of carboxylic acid groups (broad SMARTS) is 1. The number of cyclic esters (lactones) is 1. The van der Waals surface area contributed by atoms with E-state index < -0.39 is 18.0 Å². The summed E-state index contributed by atoms with van der Waals surface area (Å²) in [5, 5.41) is 8.51. The molecule has 1 aliphatic rings. The molecule has 14 heavy (non-hydrogen) atoms. The lowest BCUT2D eigenvalue weighted by atomic mass is 10.2. The molecule has 1 N–H and O–H groups in total. The SMILES string of the molecule is CC(CC(=O)O)N1CC(=O)OCC1=O. The zero-order valence-electron chi connectivity index (χ0n) is 7.73. The van der Waals surface area contributed by atoms with Crippen molar-refractivity contribution in [3.63, 3.8) is 0 Å². The highest BCUT2D eigenvalue weighted by molar-refractivity contribution is 5.88. The molecule has 0 aromatic carbocycles. The molecule has 0 aromatic heterocycles. The second-order valence-corrected chi connectivity index (χ2v) is 3.13. The van der Waals surface area contributed by atoms with Crippen LogP contribution in [0.3, 0.4) is 0 Å². The summed E-state index contributed by atoms with van der Waals surface area (Å²) in [4.78, 5) is 33.7. The van der Waals surface area contributed by atoms with Gasteiger partial charge in [0, 0.05) is 6.04 Å². The van der Waals surface area contributed by atoms with E-state index in [0.717, 1.165) is 0 Å². The smallest absolute Gasteiger partial charge is 0.326 e. The summed E-state index contributed by atoms with van der Waals surface area (Å²) in [6.07, 6.45) is -0.168. The van der Waals surface area contributed by atoms with Crippen molar-refractivity contribution in [2.75, 3.05) is 13.2 Å². The quantitative estimate of drug-likeness (QED) is 0.606. The van der Waals surface area contributed by atoms with Crippen molar-refractivity contribution in [2.45, 2.75) is 19.4 Å². The normalized spacial score (nSPS) is 19.1. The largest absolute Gasteiger partial charge is 0.481 e. The molecule has 0 saturated carbocycles. The molecule has 6 nitrogen and oxygen atoms in total. The van der Waals surface area contributed by atoms with Gasteiger partial charge in [0.2, 0.25) is 0 Å². The van der Waals surface area contributed by atoms with Crippen molar-refractivity contribution in [2.24, 2.45) is 0 Å². The Kier molecular flexibility index (Phi) is 3.06. The van der Waals surface area contributed by atoms with E-state index >= 15 is 0 Å². The molecule has 0 radical (unpaired) electrons. The molecule has 1 rings (SSSR count). The van der Waals surface area contributed by atoms with E-state index in [-0.39, 0.29) is 25.5 Å². The van der Waals surface area contributed by atoms with Crippen molar-refractivity contribution in [1.82, 2.24) is 4.90 Å². The molecule has 1 aliphatic heterocycles. The first-order valence-electron chi connectivity index (χ1n) is 4.17. The molecule has 1 saturated heterocycles. The Morgan fingerprint density at radius 1 is 1.64 bits per heavy atom. The Morgan fingerprint density at radius 3 is 2.86 bits per heavy atom. The molecular formula is C8H11NO5. The maximum Gasteiger partial charge on any atom is 0.326 e. The molecule has 1 fully saturated rings. The van der Waals surface area contributed by atoms with Gasteiger partial charge in [0.05, 0.1) is 6.42 Å². The van der Waals surface area contributed by atoms with E-state index in [9.17, 15) is 14.4 Å². The summed E-state index contributed by atoms with van der Waals surface area (Å²) in [5.74, 6) is -1.84. The molecule has 0 spiro atoms. The van der Waals surface area contributed by atoms with Crippen molar-refractivity contribution in [3.8, 4) is 0 Å². The Balaban J connectivity index is 2.59. The van der Waals surface area contributed by atoms with Crippen LogP contribution in [0.5, 0.6) is 0 Å². The molecule has 0 aromatic rings. The number of morpholine rings is 1. The van der Waals surface area contributed by atoms with Crippen molar-refractivity contribution in [3.05, 3.63) is 0 Å². The number of hydrogen-bond donors (Lipinski definition) is 1. The number of hydrogen-bond acceptors (Lipinski definition) is 4. The van der Waals surface area contributed by atoms with Crippen LogP contribution in [-0.4, -0.2) is 47.0 Å². The molecule has 1 unspecified atom stereocenters. The number of carbonyl (C=O) groups is 3. The zero-order valence-corrected chi connectivity index (χ0v) is 7.73. The van der Waals surface area contributed by atoms with Crippen LogP contribution in [0.2, 0.25) is 0 Å². The monoisotopic (exact) mass is 201 g/mol. The molecule has 1 atom stereocenters. The predicted molar refractivity (Wildman–Crippen MR) is 44.4 cm³/mol. The van der Waals surface area contributed by atoms with Crippen LogP contribution in [-0.2, 0) is 19.1 Å². The third-order valence-electron chi connectivity index (χ3n) is 1.98. The average Bonchev–Trinajstić information content (AvgIpc) is 2.08. The maximum absolute atomic E-state index is 11.2. The summed E-state index contributed by atoms with van der Waals surface area (Å²) in [6, 6.07) is -0.479. The summed E-state index contributed by atoms with van der Waals surface area (Å²) in [5.41, 5.74) is 0. The maximum atomic E-state index is 11.2. The minimum absolute atomic E-state index is 0.159. The number of ether oxygens (including phenoxy) is 1. The van der Waals surface area contributed by atoms with Gasteiger partial charge in [0.25, 0.3) is 5.91 Å². The third kappa shape index (κ3) is 2.45. The predicted octanol–water partition coefficient (Wildman–Crippen LogP) is -0.765. The van der Waals surface area contributed by atoms with Gasteiger partial charge < -0.3 is 14.7 Å². The summed E-state index contributed by atoms with van der Waals surface area (Å²) in [6.45, 7) is 1.14. The molecule has 78 valence electrons. The molecule has 1 amide bonds. The molecule has 0 aliphatic carbocycles. The summed E-state index contributed by atoms with van der Waals surface area (Å²) in [7, 11) is 0. The highest BCUT2D eigenvalue weighted by Gasteiger charge is 2.29. The van der Waals surface area contributed by atoms with Gasteiger partial charge in [-0.15, -0.1) is 0 Å². The van der Waals surface area contributed by atoms with Gasteiger partial charge in [-0.1, -0.05) is 0 Å². The number of amides is 1. The standard InChI is InChI=1S/C8H11NO5/c1-5(2-7(11)12)9-3-8(13)14-4-6(9)10/h5H,2-4H2,1H3,(H,11,12). The molecule has 1 heterocycles. The van der Waals surface area contributed by atoms with Gasteiger partial charge in [-0.25, -0.2) is 0 Å². The van der Waals surface area contributed by atoms with Gasteiger partial charge in [0.1, 0.15) is 6.54 Å². The fourth-order valence-corrected chi connectivity index (χ4v) is 1.26. The van der Waals surface area contributed by atoms with Gasteiger partial charge >= 0.3 is 11.9 Å². The van der Waals surface area contributed by atoms with Crippen molar-refractivity contribution in [1.29, 1.82) is 0 Å². The summed E-state index contributed by atoms with van der Waals surface area (Å²) < 4.78 is 4.50. The Morgan fingerprint density at radius 2 is 2.29 bits per heavy atom. The second-order valence-electron chi connectivity index (χ2n) is 3.13. The van der Waals surface area contributed by atoms with E-state index in [0.29, 0.717) is 0 Å². The first kappa shape index (κ1) is 10.5. The lowest BCUT2D eigenvalue weighted by Crippen LogP contribution is -2.49. The topological polar surface area (TPSA) is 83.9 Å². The Bertz CT molecular complexity index is 275. The van der Waals surface area contributed by atoms with Crippen LogP contribution >= 0.6 is 0 Å². The Hall–Kier alpha value is -1.59. The van der Waals surface area contributed by atoms with E-state index in [1.807, 2.05) is 0 Å². The number of carbonyl (C=O) groups excluding carboxylic acids is 2. The van der Waals surface area contributed by atoms with E-state index in [1.165, 1.54) is 4.90 Å². The minimum Gasteiger partial charge on any atom is -0.481 e. The molecule has 6 heteroatoms. The highest BCUT2D eigenvalue weighted by atomic mass is 16.5. The van der Waals surface area contributed by atoms with Crippen molar-refractivity contribution < 1.29 is 24.2 Å². The van der Waals surface area contributed by atoms with Gasteiger partial charge in [0.15, 0.2) is 6.61 Å². The van der Waals surface area contributed by atoms with Crippen molar-refractivity contribution >= 4 is 17.8 Å². The minimum atomic E-state index is -0.996. The lowest BCUT2D eigenvalue weighted by Gasteiger charge is -2.30. The summed E-state index contributed by atoms with van der Waals surface area (Å²) >= 11 is 0. The number of rotatable bonds is 3. The first-order valence-corrected chi connectivity index (χ1v) is 4.17. The number of carboxylic acids is 1. The van der Waals surface area contributed by atoms with Crippen LogP contribution in [0.15, 0.2) is 0 Å². The van der Waals surface area contributed by atoms with Gasteiger partial charge in [-0.05, 0) is 6.92 Å². The lowest BCUT2D eigenvalue weighted by molar-refractivity contribution is -0.165. The highest BCUT2D eigenvalue weighted by Crippen LogP contribution is 2.08. The van der Waals surface area contributed by atoms with Crippen LogP contribution < -0.4 is 0 Å². The fraction of sp³-hybridized carbons (Fsp3) is 0.625. The molecular weight excluding hydrogens is 190 g/mol. The Labute approximate surface area is 80.4 Å². The van der Waals surface area contributed by atoms with E-state index in [4.69, 9.17) is 5.11 Å². The number of nitrogens with zero attached hydrogens (tertiary/aromatic N) is 1. The van der Waals surface area contributed by atoms with E-state index in [1.54, 1.807) is 6.92 Å². The fourth-order valence-electron chi connectivity index (χ4n) is 1.26. The number of aliphatic carboxylic acids is 1. The van der Waals surface area contributed by atoms with Gasteiger partial charge in [-0.3, -0.25) is 14.4 Å². The van der Waals surface area contributed by atoms with Gasteiger partial charge in [-0.2, -0.15) is 0 Å². The van der Waals surface area contributed by atoms with E-state index in [2.05, 4.69) is 4.74 Å². The van der Waals surface area contributed by atoms with Crippen LogP contribution in [0.4, 0.5) is 0 Å². The average molecular weight is 201 g/mol. The van der Waals surface area contributed by atoms with Crippen LogP contribution in [0.1, 0.15) is 13.3 Å². The number of esters is 1. The molecule has 0 bridgehead atoms. The van der Waals surface area contributed by atoms with Crippen LogP contribution in [0, 0.1) is 0 Å².